The summed E-state index contributed by atoms with van der Waals surface area (Å²) in [4.78, 5) is 27.6. The van der Waals surface area contributed by atoms with E-state index in [0.717, 1.165) is 5.69 Å². The fourth-order valence-corrected chi connectivity index (χ4v) is 4.94. The van der Waals surface area contributed by atoms with E-state index in [0.29, 0.717) is 18.7 Å². The summed E-state index contributed by atoms with van der Waals surface area (Å²) < 4.78 is 15.9. The van der Waals surface area contributed by atoms with Crippen molar-refractivity contribution in [2.45, 2.75) is 25.6 Å². The number of aromatic nitrogens is 1. The second-order valence-electron chi connectivity index (χ2n) is 7.53. The van der Waals surface area contributed by atoms with Crippen molar-refractivity contribution >= 4 is 5.91 Å². The standard InChI is InChI=1S/C21H24FN3O3/c1-3-23-20(27)19-15(11-26)14-10-25-17(18(14)24(19)2)9-8-13(21(25)28)12-6-4-5-7-16(12)22/h4-9,14-15,18-19,26H,3,10-11H2,1-2H3,(H,23,27)/t14-,15-,18+,19-/m0/s1. The van der Waals surface area contributed by atoms with Crippen molar-refractivity contribution in [2.24, 2.45) is 11.8 Å². The van der Waals surface area contributed by atoms with Gasteiger partial charge in [-0.25, -0.2) is 4.39 Å². The third kappa shape index (κ3) is 2.69. The van der Waals surface area contributed by atoms with Gasteiger partial charge in [-0.3, -0.25) is 14.5 Å². The first-order valence-corrected chi connectivity index (χ1v) is 9.58. The first-order chi connectivity index (χ1) is 13.5. The molecule has 4 atom stereocenters. The van der Waals surface area contributed by atoms with E-state index in [1.165, 1.54) is 6.07 Å². The summed E-state index contributed by atoms with van der Waals surface area (Å²) in [6, 6.07) is 9.18. The molecule has 2 aromatic rings. The van der Waals surface area contributed by atoms with Crippen LogP contribution in [-0.4, -0.2) is 46.7 Å². The number of benzene rings is 1. The fourth-order valence-electron chi connectivity index (χ4n) is 4.94. The molecule has 6 nitrogen and oxygen atoms in total. The number of likely N-dealkylation sites (tertiary alicyclic amines) is 1. The predicted molar refractivity (Wildman–Crippen MR) is 103 cm³/mol. The van der Waals surface area contributed by atoms with Crippen molar-refractivity contribution < 1.29 is 14.3 Å². The molecule has 28 heavy (non-hydrogen) atoms. The number of nitrogens with one attached hydrogen (secondary N) is 1. The van der Waals surface area contributed by atoms with Crippen LogP contribution in [0.1, 0.15) is 18.7 Å². The third-order valence-electron chi connectivity index (χ3n) is 6.14. The van der Waals surface area contributed by atoms with Crippen molar-refractivity contribution in [3.05, 3.63) is 58.3 Å². The zero-order chi connectivity index (χ0) is 20.0. The van der Waals surface area contributed by atoms with Gasteiger partial charge in [0.1, 0.15) is 5.82 Å². The molecule has 2 aliphatic heterocycles. The number of carbonyl (C=O) groups excluding carboxylic acids is 1. The second-order valence-corrected chi connectivity index (χ2v) is 7.53. The van der Waals surface area contributed by atoms with Crippen LogP contribution in [0.25, 0.3) is 11.1 Å². The Morgan fingerprint density at radius 1 is 1.25 bits per heavy atom. The zero-order valence-electron chi connectivity index (χ0n) is 15.9. The summed E-state index contributed by atoms with van der Waals surface area (Å²) in [6.45, 7) is 2.67. The average Bonchev–Trinajstić information content (AvgIpc) is 3.19. The SMILES string of the molecule is CCNC(=O)[C@@H]1[C@@H](CO)[C@@H]2Cn3c(ccc(-c4ccccc4F)c3=O)[C@@H]2N1C. The number of rotatable bonds is 4. The van der Waals surface area contributed by atoms with Crippen LogP contribution in [0.3, 0.4) is 0 Å². The van der Waals surface area contributed by atoms with Gasteiger partial charge in [-0.2, -0.15) is 0 Å². The molecule has 0 aliphatic carbocycles. The lowest BCUT2D eigenvalue weighted by molar-refractivity contribution is -0.127. The van der Waals surface area contributed by atoms with Gasteiger partial charge in [0.15, 0.2) is 0 Å². The maximum atomic E-state index is 14.2. The van der Waals surface area contributed by atoms with Crippen molar-refractivity contribution in [1.29, 1.82) is 0 Å². The van der Waals surface area contributed by atoms with E-state index in [1.807, 2.05) is 24.9 Å². The van der Waals surface area contributed by atoms with Gasteiger partial charge in [0.2, 0.25) is 5.91 Å². The number of pyridine rings is 1. The van der Waals surface area contributed by atoms with Crippen LogP contribution in [0.15, 0.2) is 41.2 Å². The number of aliphatic hydroxyl groups is 1. The number of likely N-dealkylation sites (N-methyl/N-ethyl adjacent to an activating group) is 2. The second kappa shape index (κ2) is 7.14. The maximum Gasteiger partial charge on any atom is 0.258 e. The normalized spacial score (nSPS) is 26.1. The van der Waals surface area contributed by atoms with Gasteiger partial charge in [0.05, 0.1) is 17.6 Å². The molecule has 0 saturated carbocycles. The van der Waals surface area contributed by atoms with E-state index >= 15 is 0 Å². The Hall–Kier alpha value is -2.51. The van der Waals surface area contributed by atoms with E-state index in [4.69, 9.17) is 0 Å². The Labute approximate surface area is 162 Å². The van der Waals surface area contributed by atoms with E-state index in [9.17, 15) is 19.1 Å². The highest BCUT2D eigenvalue weighted by atomic mass is 19.1. The number of halogens is 1. The highest BCUT2D eigenvalue weighted by molar-refractivity contribution is 5.82. The lowest BCUT2D eigenvalue weighted by atomic mass is 9.88. The lowest BCUT2D eigenvalue weighted by Crippen LogP contribution is -2.46. The molecule has 2 aliphatic rings. The zero-order valence-corrected chi connectivity index (χ0v) is 15.9. The molecule has 7 heteroatoms. The van der Waals surface area contributed by atoms with Gasteiger partial charge >= 0.3 is 0 Å². The molecule has 0 bridgehead atoms. The Balaban J connectivity index is 1.76. The van der Waals surface area contributed by atoms with Crippen molar-refractivity contribution in [3.8, 4) is 11.1 Å². The number of hydrogen-bond acceptors (Lipinski definition) is 4. The van der Waals surface area contributed by atoms with Crippen molar-refractivity contribution in [1.82, 2.24) is 14.8 Å². The number of aliphatic hydroxyl groups excluding tert-OH is 1. The molecule has 2 N–H and O–H groups in total. The molecule has 1 fully saturated rings. The molecule has 0 spiro atoms. The van der Waals surface area contributed by atoms with Crippen LogP contribution in [0, 0.1) is 17.7 Å². The van der Waals surface area contributed by atoms with Crippen LogP contribution < -0.4 is 10.9 Å². The molecule has 0 unspecified atom stereocenters. The van der Waals surface area contributed by atoms with Crippen LogP contribution in [-0.2, 0) is 11.3 Å². The van der Waals surface area contributed by atoms with Crippen molar-refractivity contribution in [2.75, 3.05) is 20.2 Å². The van der Waals surface area contributed by atoms with Gasteiger partial charge in [-0.15, -0.1) is 0 Å². The van der Waals surface area contributed by atoms with Crippen LogP contribution in [0.5, 0.6) is 0 Å². The monoisotopic (exact) mass is 385 g/mol. The first-order valence-electron chi connectivity index (χ1n) is 9.58. The van der Waals surface area contributed by atoms with Gasteiger partial charge in [0, 0.05) is 42.8 Å². The lowest BCUT2D eigenvalue weighted by Gasteiger charge is -2.27. The molecule has 4 rings (SSSR count). The number of carbonyl (C=O) groups is 1. The Bertz CT molecular complexity index is 974. The van der Waals surface area contributed by atoms with Gasteiger partial charge in [-0.05, 0) is 32.2 Å². The molecular weight excluding hydrogens is 361 g/mol. The van der Waals surface area contributed by atoms with E-state index < -0.39 is 11.9 Å². The first kappa shape index (κ1) is 18.8. The summed E-state index contributed by atoms with van der Waals surface area (Å²) >= 11 is 0. The molecule has 1 aromatic heterocycles. The summed E-state index contributed by atoms with van der Waals surface area (Å²) in [5.74, 6) is -0.848. The highest BCUT2D eigenvalue weighted by Gasteiger charge is 2.54. The fraction of sp³-hybridized carbons (Fsp3) is 0.429. The Morgan fingerprint density at radius 2 is 2.00 bits per heavy atom. The van der Waals surface area contributed by atoms with E-state index in [1.54, 1.807) is 28.8 Å². The summed E-state index contributed by atoms with van der Waals surface area (Å²) in [7, 11) is 1.86. The molecule has 0 radical (unpaired) electrons. The smallest absolute Gasteiger partial charge is 0.258 e. The molecule has 1 amide bonds. The molecular formula is C21H24FN3O3. The maximum absolute atomic E-state index is 14.2. The average molecular weight is 385 g/mol. The quantitative estimate of drug-likeness (QED) is 0.834. The number of fused-ring (bicyclic) bond motifs is 3. The summed E-state index contributed by atoms with van der Waals surface area (Å²) in [5, 5.41) is 12.8. The third-order valence-corrected chi connectivity index (χ3v) is 6.14. The Kier molecular flexibility index (Phi) is 4.81. The molecule has 148 valence electrons. The summed E-state index contributed by atoms with van der Waals surface area (Å²) in [5.41, 5.74) is 1.18. The topological polar surface area (TPSA) is 74.6 Å². The Morgan fingerprint density at radius 3 is 2.68 bits per heavy atom. The summed E-state index contributed by atoms with van der Waals surface area (Å²) in [6.07, 6.45) is 0. The van der Waals surface area contributed by atoms with Crippen LogP contribution in [0.2, 0.25) is 0 Å². The van der Waals surface area contributed by atoms with Gasteiger partial charge in [0.25, 0.3) is 5.56 Å². The molecule has 1 saturated heterocycles. The van der Waals surface area contributed by atoms with Crippen LogP contribution in [0.4, 0.5) is 4.39 Å². The highest BCUT2D eigenvalue weighted by Crippen LogP contribution is 2.48. The van der Waals surface area contributed by atoms with Gasteiger partial charge < -0.3 is 15.0 Å². The largest absolute Gasteiger partial charge is 0.396 e. The number of amides is 1. The minimum atomic E-state index is -0.435. The van der Waals surface area contributed by atoms with Crippen LogP contribution >= 0.6 is 0 Å². The van der Waals surface area contributed by atoms with E-state index in [-0.39, 0.29) is 41.5 Å². The molecule has 3 heterocycles. The van der Waals surface area contributed by atoms with Crippen molar-refractivity contribution in [3.63, 3.8) is 0 Å². The minimum Gasteiger partial charge on any atom is -0.396 e. The van der Waals surface area contributed by atoms with Gasteiger partial charge in [-0.1, -0.05) is 18.2 Å². The van der Waals surface area contributed by atoms with E-state index in [2.05, 4.69) is 5.32 Å². The minimum absolute atomic E-state index is 0.0498. The molecule has 1 aromatic carbocycles. The predicted octanol–water partition coefficient (Wildman–Crippen LogP) is 1.38. The number of hydrogen-bond donors (Lipinski definition) is 2. The number of nitrogens with zero attached hydrogens (tertiary/aromatic N) is 2.